The monoisotopic (exact) mass is 380 g/mol. The van der Waals surface area contributed by atoms with Gasteiger partial charge in [-0.2, -0.15) is 0 Å². The van der Waals surface area contributed by atoms with E-state index in [1.54, 1.807) is 18.2 Å². The predicted octanol–water partition coefficient (Wildman–Crippen LogP) is 2.07. The number of benzene rings is 1. The fraction of sp³-hybridized carbons (Fsp3) is 0.500. The van der Waals surface area contributed by atoms with E-state index in [9.17, 15) is 19.5 Å². The number of amides is 2. The minimum atomic E-state index is -1.04. The van der Waals surface area contributed by atoms with Crippen LogP contribution < -0.4 is 15.0 Å². The molecule has 0 aromatic heterocycles. The smallest absolute Gasteiger partial charge is 0.326 e. The van der Waals surface area contributed by atoms with Crippen LogP contribution in [-0.4, -0.2) is 42.6 Å². The number of anilines is 1. The highest BCUT2D eigenvalue weighted by atomic mass is 35.5. The molecular weight excluding hydrogens is 360 g/mol. The van der Waals surface area contributed by atoms with E-state index >= 15 is 0 Å². The van der Waals surface area contributed by atoms with Gasteiger partial charge in [0.15, 0.2) is 0 Å². The SMILES string of the molecule is COc1ccc(Cl)cc1N1CC(C(=O)NC(CC2CC2)C(=O)O)CC1=O. The van der Waals surface area contributed by atoms with Gasteiger partial charge >= 0.3 is 5.97 Å². The van der Waals surface area contributed by atoms with Crippen LogP contribution in [0.1, 0.15) is 25.7 Å². The zero-order valence-corrected chi connectivity index (χ0v) is 15.2. The Hall–Kier alpha value is -2.28. The number of halogens is 1. The van der Waals surface area contributed by atoms with Crippen molar-refractivity contribution in [3.8, 4) is 5.75 Å². The van der Waals surface area contributed by atoms with Crippen LogP contribution in [0.25, 0.3) is 0 Å². The van der Waals surface area contributed by atoms with Crippen molar-refractivity contribution >= 4 is 35.1 Å². The van der Waals surface area contributed by atoms with Crippen molar-refractivity contribution < 1.29 is 24.2 Å². The molecule has 2 atom stereocenters. The van der Waals surface area contributed by atoms with Crippen LogP contribution in [0.15, 0.2) is 18.2 Å². The standard InChI is InChI=1S/C18H21ClN2O5/c1-26-15-5-4-12(19)8-14(15)21-9-11(7-16(21)22)17(23)20-13(18(24)25)6-10-2-3-10/h4-5,8,10-11,13H,2-3,6-7,9H2,1H3,(H,20,23)(H,24,25). The summed E-state index contributed by atoms with van der Waals surface area (Å²) in [5.41, 5.74) is 0.507. The summed E-state index contributed by atoms with van der Waals surface area (Å²) in [7, 11) is 1.49. The highest BCUT2D eigenvalue weighted by molar-refractivity contribution is 6.31. The quantitative estimate of drug-likeness (QED) is 0.755. The molecule has 2 fully saturated rings. The second kappa shape index (κ2) is 7.53. The van der Waals surface area contributed by atoms with Gasteiger partial charge in [-0.1, -0.05) is 24.4 Å². The third-order valence-electron chi connectivity index (χ3n) is 4.81. The Morgan fingerprint density at radius 2 is 2.15 bits per heavy atom. The van der Waals surface area contributed by atoms with Crippen LogP contribution in [-0.2, 0) is 14.4 Å². The summed E-state index contributed by atoms with van der Waals surface area (Å²) in [5, 5.41) is 12.3. The highest BCUT2D eigenvalue weighted by Crippen LogP contribution is 2.36. The number of hydrogen-bond acceptors (Lipinski definition) is 4. The van der Waals surface area contributed by atoms with Crippen LogP contribution in [0.4, 0.5) is 5.69 Å². The van der Waals surface area contributed by atoms with E-state index < -0.39 is 23.8 Å². The molecule has 2 aliphatic rings. The normalized spacial score (nSPS) is 20.8. The Morgan fingerprint density at radius 1 is 1.42 bits per heavy atom. The Morgan fingerprint density at radius 3 is 2.77 bits per heavy atom. The number of carboxylic acids is 1. The molecule has 2 amide bonds. The number of aliphatic carboxylic acids is 1. The highest BCUT2D eigenvalue weighted by Gasteiger charge is 2.38. The molecule has 0 spiro atoms. The maximum absolute atomic E-state index is 12.5. The molecule has 1 saturated carbocycles. The third kappa shape index (κ3) is 4.09. The van der Waals surface area contributed by atoms with Crippen molar-refractivity contribution in [2.45, 2.75) is 31.7 Å². The van der Waals surface area contributed by atoms with Gasteiger partial charge in [0, 0.05) is 18.0 Å². The molecule has 1 aromatic carbocycles. The van der Waals surface area contributed by atoms with Crippen molar-refractivity contribution in [2.24, 2.45) is 11.8 Å². The van der Waals surface area contributed by atoms with Gasteiger partial charge in [-0.15, -0.1) is 0 Å². The van der Waals surface area contributed by atoms with Crippen molar-refractivity contribution in [3.63, 3.8) is 0 Å². The van der Waals surface area contributed by atoms with Crippen LogP contribution >= 0.6 is 11.6 Å². The lowest BCUT2D eigenvalue weighted by Crippen LogP contribution is -2.44. The average molecular weight is 381 g/mol. The number of nitrogens with zero attached hydrogens (tertiary/aromatic N) is 1. The molecule has 1 aliphatic carbocycles. The molecule has 2 unspecified atom stereocenters. The molecule has 0 bridgehead atoms. The van der Waals surface area contributed by atoms with Gasteiger partial charge in [-0.05, 0) is 30.5 Å². The minimum Gasteiger partial charge on any atom is -0.495 e. The van der Waals surface area contributed by atoms with Gasteiger partial charge in [0.05, 0.1) is 18.7 Å². The topological polar surface area (TPSA) is 95.9 Å². The second-order valence-electron chi connectivity index (χ2n) is 6.80. The summed E-state index contributed by atoms with van der Waals surface area (Å²) in [4.78, 5) is 37.7. The van der Waals surface area contributed by atoms with Crippen LogP contribution in [0.2, 0.25) is 5.02 Å². The first-order valence-electron chi connectivity index (χ1n) is 8.56. The molecule has 1 heterocycles. The van der Waals surface area contributed by atoms with E-state index in [-0.39, 0.29) is 18.9 Å². The van der Waals surface area contributed by atoms with E-state index in [1.807, 2.05) is 0 Å². The van der Waals surface area contributed by atoms with Gasteiger partial charge in [0.2, 0.25) is 11.8 Å². The molecule has 1 aromatic rings. The number of carbonyl (C=O) groups is 3. The van der Waals surface area contributed by atoms with Gasteiger partial charge < -0.3 is 20.1 Å². The fourth-order valence-corrected chi connectivity index (χ4v) is 3.35. The minimum absolute atomic E-state index is 0.0251. The lowest BCUT2D eigenvalue weighted by atomic mass is 10.1. The van der Waals surface area contributed by atoms with E-state index in [0.29, 0.717) is 28.8 Å². The second-order valence-corrected chi connectivity index (χ2v) is 7.24. The largest absolute Gasteiger partial charge is 0.495 e. The van der Waals surface area contributed by atoms with Gasteiger partial charge in [-0.3, -0.25) is 9.59 Å². The first-order valence-corrected chi connectivity index (χ1v) is 8.94. The summed E-state index contributed by atoms with van der Waals surface area (Å²) < 4.78 is 5.27. The molecule has 8 heteroatoms. The van der Waals surface area contributed by atoms with E-state index in [1.165, 1.54) is 12.0 Å². The zero-order valence-electron chi connectivity index (χ0n) is 14.4. The lowest BCUT2D eigenvalue weighted by Gasteiger charge is -2.20. The molecular formula is C18H21ClN2O5. The average Bonchev–Trinajstić information content (AvgIpc) is 3.33. The number of carboxylic acid groups (broad SMARTS) is 1. The lowest BCUT2D eigenvalue weighted by molar-refractivity contribution is -0.142. The van der Waals surface area contributed by atoms with E-state index in [4.69, 9.17) is 16.3 Å². The number of rotatable bonds is 7. The summed E-state index contributed by atoms with van der Waals surface area (Å²) in [6.45, 7) is 0.164. The molecule has 3 rings (SSSR count). The number of carbonyl (C=O) groups excluding carboxylic acids is 2. The number of nitrogens with one attached hydrogen (secondary N) is 1. The molecule has 7 nitrogen and oxygen atoms in total. The van der Waals surface area contributed by atoms with Crippen molar-refractivity contribution in [1.29, 1.82) is 0 Å². The van der Waals surface area contributed by atoms with Gasteiger partial charge in [0.1, 0.15) is 11.8 Å². The summed E-state index contributed by atoms with van der Waals surface area (Å²) in [5.74, 6) is -1.42. The van der Waals surface area contributed by atoms with E-state index in [0.717, 1.165) is 12.8 Å². The first-order chi connectivity index (χ1) is 12.4. The first kappa shape index (κ1) is 18.5. The molecule has 140 valence electrons. The molecule has 26 heavy (non-hydrogen) atoms. The Balaban J connectivity index is 1.69. The van der Waals surface area contributed by atoms with Crippen LogP contribution in [0.5, 0.6) is 5.75 Å². The fourth-order valence-electron chi connectivity index (χ4n) is 3.19. The Kier molecular flexibility index (Phi) is 5.36. The van der Waals surface area contributed by atoms with Crippen molar-refractivity contribution in [1.82, 2.24) is 5.32 Å². The zero-order chi connectivity index (χ0) is 18.8. The Bertz CT molecular complexity index is 734. The van der Waals surface area contributed by atoms with Crippen molar-refractivity contribution in [3.05, 3.63) is 23.2 Å². The van der Waals surface area contributed by atoms with Crippen LogP contribution in [0, 0.1) is 11.8 Å². The van der Waals surface area contributed by atoms with Gasteiger partial charge in [0.25, 0.3) is 0 Å². The van der Waals surface area contributed by atoms with Crippen molar-refractivity contribution in [2.75, 3.05) is 18.6 Å². The maximum atomic E-state index is 12.5. The summed E-state index contributed by atoms with van der Waals surface area (Å²) in [6, 6.07) is 4.03. The van der Waals surface area contributed by atoms with E-state index in [2.05, 4.69) is 5.32 Å². The maximum Gasteiger partial charge on any atom is 0.326 e. The summed E-state index contributed by atoms with van der Waals surface area (Å²) >= 11 is 6.02. The Labute approximate surface area is 156 Å². The number of methoxy groups -OCH3 is 1. The molecule has 0 radical (unpaired) electrons. The molecule has 2 N–H and O–H groups in total. The van der Waals surface area contributed by atoms with Crippen LogP contribution in [0.3, 0.4) is 0 Å². The third-order valence-corrected chi connectivity index (χ3v) is 5.04. The predicted molar refractivity (Wildman–Crippen MR) is 95.4 cm³/mol. The number of ether oxygens (including phenoxy) is 1. The van der Waals surface area contributed by atoms with Gasteiger partial charge in [-0.25, -0.2) is 4.79 Å². The molecule has 1 saturated heterocycles. The summed E-state index contributed by atoms with van der Waals surface area (Å²) in [6.07, 6.45) is 2.47. The molecule has 1 aliphatic heterocycles. The number of hydrogen-bond donors (Lipinski definition) is 2.